The van der Waals surface area contributed by atoms with Crippen LogP contribution in [0.15, 0.2) is 48.5 Å². The van der Waals surface area contributed by atoms with Crippen molar-refractivity contribution in [1.29, 1.82) is 0 Å². The van der Waals surface area contributed by atoms with E-state index in [1.165, 1.54) is 5.69 Å². The second kappa shape index (κ2) is 9.05. The summed E-state index contributed by atoms with van der Waals surface area (Å²) in [6.45, 7) is 10.0. The van der Waals surface area contributed by atoms with Crippen molar-refractivity contribution in [2.24, 2.45) is 0 Å². The predicted molar refractivity (Wildman–Crippen MR) is 120 cm³/mol. The zero-order valence-corrected chi connectivity index (χ0v) is 18.4. The molecule has 2 aromatic carbocycles. The molecule has 0 saturated carbocycles. The lowest BCUT2D eigenvalue weighted by Crippen LogP contribution is -2.45. The molecule has 1 aliphatic rings. The van der Waals surface area contributed by atoms with Crippen LogP contribution in [-0.4, -0.2) is 39.0 Å². The fraction of sp³-hybridized carbons (Fsp3) is 0.455. The first-order valence-electron chi connectivity index (χ1n) is 10.1. The first kappa shape index (κ1) is 21.5. The minimum atomic E-state index is -3.32. The lowest BCUT2D eigenvalue weighted by molar-refractivity contribution is -0.00521. The maximum atomic E-state index is 11.9. The zero-order chi connectivity index (χ0) is 21.0. The molecule has 1 heterocycles. The first-order valence-corrected chi connectivity index (χ1v) is 11.6. The van der Waals surface area contributed by atoms with Gasteiger partial charge in [-0.25, -0.2) is 8.42 Å². The van der Waals surface area contributed by atoms with Gasteiger partial charge in [-0.3, -0.25) is 4.72 Å². The largest absolute Gasteiger partial charge is 0.381 e. The predicted octanol–water partition coefficient (Wildman–Crippen LogP) is 4.06. The minimum absolute atomic E-state index is 0.240. The highest BCUT2D eigenvalue weighted by Gasteiger charge is 2.22. The van der Waals surface area contributed by atoms with E-state index in [9.17, 15) is 8.42 Å². The number of benzene rings is 2. The number of ether oxygens (including phenoxy) is 1. The number of nitrogens with one attached hydrogen (secondary N) is 2. The van der Waals surface area contributed by atoms with Crippen LogP contribution in [0.3, 0.4) is 0 Å². The second-order valence-electron chi connectivity index (χ2n) is 7.96. The van der Waals surface area contributed by atoms with Crippen LogP contribution in [0.1, 0.15) is 33.3 Å². The van der Waals surface area contributed by atoms with Gasteiger partial charge in [-0.2, -0.15) is 0 Å². The molecule has 0 unspecified atom stereocenters. The van der Waals surface area contributed by atoms with E-state index in [2.05, 4.69) is 53.1 Å². The summed E-state index contributed by atoms with van der Waals surface area (Å²) in [6.07, 6.45) is 0.481. The molecule has 0 aliphatic carbocycles. The van der Waals surface area contributed by atoms with E-state index in [-0.39, 0.29) is 12.2 Å². The molecule has 0 bridgehead atoms. The Balaban J connectivity index is 1.55. The van der Waals surface area contributed by atoms with Crippen molar-refractivity contribution < 1.29 is 13.2 Å². The Morgan fingerprint density at radius 3 is 2.07 bits per heavy atom. The van der Waals surface area contributed by atoms with Crippen LogP contribution in [0, 0.1) is 0 Å². The fourth-order valence-electron chi connectivity index (χ4n) is 3.36. The fourth-order valence-corrected chi connectivity index (χ4v) is 4.06. The van der Waals surface area contributed by atoms with E-state index in [4.69, 9.17) is 4.74 Å². The number of anilines is 3. The molecular weight excluding hydrogens is 386 g/mol. The lowest BCUT2D eigenvalue weighted by Gasteiger charge is -2.36. The van der Waals surface area contributed by atoms with Crippen LogP contribution in [-0.2, 0) is 21.3 Å². The highest BCUT2D eigenvalue weighted by Crippen LogP contribution is 2.23. The van der Waals surface area contributed by atoms with Crippen molar-refractivity contribution in [2.75, 3.05) is 28.0 Å². The van der Waals surface area contributed by atoms with E-state index in [1.807, 2.05) is 12.1 Å². The highest BCUT2D eigenvalue weighted by atomic mass is 32.2. The number of rotatable bonds is 7. The van der Waals surface area contributed by atoms with E-state index >= 15 is 0 Å². The number of sulfonamides is 1. The summed E-state index contributed by atoms with van der Waals surface area (Å²) in [5.41, 5.74) is 3.92. The Morgan fingerprint density at radius 1 is 0.966 bits per heavy atom. The van der Waals surface area contributed by atoms with Crippen molar-refractivity contribution in [3.8, 4) is 0 Å². The molecule has 2 N–H and O–H groups in total. The van der Waals surface area contributed by atoms with Crippen LogP contribution in [0.2, 0.25) is 0 Å². The van der Waals surface area contributed by atoms with Crippen LogP contribution in [0.25, 0.3) is 0 Å². The van der Waals surface area contributed by atoms with Gasteiger partial charge in [0.25, 0.3) is 0 Å². The number of hydrogen-bond acceptors (Lipinski definition) is 5. The van der Waals surface area contributed by atoms with Gasteiger partial charge in [-0.1, -0.05) is 12.1 Å². The zero-order valence-electron chi connectivity index (χ0n) is 17.6. The molecule has 7 heteroatoms. The SMILES string of the molecule is CC(C)S(=O)(=O)Nc1ccc(CNc2ccc(N3C[C@@H](C)O[C@H](C)C3)cc2)cc1. The third-order valence-electron chi connectivity index (χ3n) is 4.98. The Hall–Kier alpha value is -2.25. The summed E-state index contributed by atoms with van der Waals surface area (Å²) in [6, 6.07) is 15.9. The number of hydrogen-bond donors (Lipinski definition) is 2. The van der Waals surface area contributed by atoms with E-state index in [0.717, 1.165) is 24.3 Å². The Labute approximate surface area is 174 Å². The van der Waals surface area contributed by atoms with E-state index in [1.54, 1.807) is 26.0 Å². The third-order valence-corrected chi connectivity index (χ3v) is 6.74. The maximum Gasteiger partial charge on any atom is 0.235 e. The average molecular weight is 418 g/mol. The molecule has 0 aromatic heterocycles. The normalized spacial score (nSPS) is 20.0. The van der Waals surface area contributed by atoms with Crippen LogP contribution < -0.4 is 14.9 Å². The van der Waals surface area contributed by atoms with Crippen molar-refractivity contribution in [3.63, 3.8) is 0 Å². The first-order chi connectivity index (χ1) is 13.7. The molecule has 1 fully saturated rings. The summed E-state index contributed by atoms with van der Waals surface area (Å²) in [5, 5.41) is 2.95. The second-order valence-corrected chi connectivity index (χ2v) is 10.2. The Kier molecular flexibility index (Phi) is 6.70. The summed E-state index contributed by atoms with van der Waals surface area (Å²) in [7, 11) is -3.32. The van der Waals surface area contributed by atoms with Gasteiger partial charge in [-0.15, -0.1) is 0 Å². The number of nitrogens with zero attached hydrogens (tertiary/aromatic N) is 1. The van der Waals surface area contributed by atoms with Gasteiger partial charge in [0.05, 0.1) is 17.5 Å². The van der Waals surface area contributed by atoms with E-state index < -0.39 is 15.3 Å². The molecule has 1 aliphatic heterocycles. The van der Waals surface area contributed by atoms with Gasteiger partial charge in [0.15, 0.2) is 0 Å². The van der Waals surface area contributed by atoms with Gasteiger partial charge < -0.3 is 15.0 Å². The third kappa shape index (κ3) is 5.87. The number of morpholine rings is 1. The molecule has 0 amide bonds. The average Bonchev–Trinajstić information content (AvgIpc) is 2.67. The summed E-state index contributed by atoms with van der Waals surface area (Å²) in [4.78, 5) is 2.36. The minimum Gasteiger partial charge on any atom is -0.381 e. The van der Waals surface area contributed by atoms with Crippen molar-refractivity contribution in [3.05, 3.63) is 54.1 Å². The molecule has 158 valence electrons. The highest BCUT2D eigenvalue weighted by molar-refractivity contribution is 7.93. The Bertz CT molecular complexity index is 886. The van der Waals surface area contributed by atoms with Crippen LogP contribution in [0.5, 0.6) is 0 Å². The van der Waals surface area contributed by atoms with Crippen molar-refractivity contribution in [2.45, 2.75) is 51.7 Å². The Morgan fingerprint density at radius 2 is 1.52 bits per heavy atom. The standard InChI is InChI=1S/C22H31N3O3S/c1-16(2)29(26,27)24-21-7-5-19(6-8-21)13-23-20-9-11-22(12-10-20)25-14-17(3)28-18(4)15-25/h5-12,16-18,23-24H,13-15H2,1-4H3/t17-,18-/m1/s1. The van der Waals surface area contributed by atoms with Gasteiger partial charge >= 0.3 is 0 Å². The summed E-state index contributed by atoms with van der Waals surface area (Å²) in [5.74, 6) is 0. The lowest BCUT2D eigenvalue weighted by atomic mass is 10.1. The van der Waals surface area contributed by atoms with Gasteiger partial charge in [0.2, 0.25) is 10.0 Å². The summed E-state index contributed by atoms with van der Waals surface area (Å²) >= 11 is 0. The van der Waals surface area contributed by atoms with Gasteiger partial charge in [0.1, 0.15) is 0 Å². The molecule has 29 heavy (non-hydrogen) atoms. The molecule has 2 atom stereocenters. The van der Waals surface area contributed by atoms with Gasteiger partial charge in [0, 0.05) is 36.7 Å². The molecule has 0 radical (unpaired) electrons. The van der Waals surface area contributed by atoms with Crippen LogP contribution >= 0.6 is 0 Å². The van der Waals surface area contributed by atoms with Gasteiger partial charge in [-0.05, 0) is 69.7 Å². The smallest absolute Gasteiger partial charge is 0.235 e. The molecule has 2 aromatic rings. The van der Waals surface area contributed by atoms with Crippen molar-refractivity contribution >= 4 is 27.1 Å². The van der Waals surface area contributed by atoms with E-state index in [0.29, 0.717) is 12.2 Å². The maximum absolute atomic E-state index is 11.9. The van der Waals surface area contributed by atoms with Crippen molar-refractivity contribution in [1.82, 2.24) is 0 Å². The molecular formula is C22H31N3O3S. The van der Waals surface area contributed by atoms with Crippen LogP contribution in [0.4, 0.5) is 17.1 Å². The molecule has 3 rings (SSSR count). The molecule has 6 nitrogen and oxygen atoms in total. The summed E-state index contributed by atoms with van der Waals surface area (Å²) < 4.78 is 32.3. The topological polar surface area (TPSA) is 70.7 Å². The monoisotopic (exact) mass is 417 g/mol. The quantitative estimate of drug-likeness (QED) is 0.711. The molecule has 0 spiro atoms. The molecule has 1 saturated heterocycles.